The monoisotopic (exact) mass is 437 g/mol. The summed E-state index contributed by atoms with van der Waals surface area (Å²) in [6.45, 7) is 0.479. The number of hydrogen-bond donors (Lipinski definition) is 2. The molecule has 1 aromatic heterocycles. The van der Waals surface area contributed by atoms with E-state index in [2.05, 4.69) is 5.10 Å². The van der Waals surface area contributed by atoms with E-state index in [1.165, 1.54) is 10.7 Å². The van der Waals surface area contributed by atoms with E-state index in [-0.39, 0.29) is 17.0 Å². The van der Waals surface area contributed by atoms with Gasteiger partial charge in [-0.15, -0.1) is 0 Å². The fourth-order valence-electron chi connectivity index (χ4n) is 4.49. The predicted octanol–water partition coefficient (Wildman–Crippen LogP) is 4.27. The van der Waals surface area contributed by atoms with E-state index in [4.69, 9.17) is 17.3 Å². The topological polar surface area (TPSA) is 98.2 Å². The minimum absolute atomic E-state index is 0.187. The molecule has 0 atom stereocenters. The fourth-order valence-corrected chi connectivity index (χ4v) is 4.68. The lowest BCUT2D eigenvalue weighted by Gasteiger charge is -2.40. The SMILES string of the molecule is NC[C@]1(c2cccc(Cl)c2)CC[C@@H](n2nc(-c3ccccc3)cc(C(=O)O)c2=O)CC1. The standard InChI is InChI=1S/C24H24ClN3O3/c25-18-8-4-7-17(13-18)24(15-26)11-9-19(10-12-24)28-22(29)20(23(30)31)14-21(27-28)16-5-2-1-3-6-16/h1-8,13-14,19H,9-12,15,26H2,(H,30,31)/t19-,24+. The number of nitrogens with zero attached hydrogens (tertiary/aromatic N) is 2. The van der Waals surface area contributed by atoms with Crippen LogP contribution in [0.4, 0.5) is 0 Å². The molecule has 1 aliphatic rings. The maximum atomic E-state index is 12.9. The molecule has 1 heterocycles. The number of carboxylic acid groups (broad SMARTS) is 1. The second-order valence-corrected chi connectivity index (χ2v) is 8.53. The van der Waals surface area contributed by atoms with Gasteiger partial charge in [0.2, 0.25) is 0 Å². The Hall–Kier alpha value is -2.96. The summed E-state index contributed by atoms with van der Waals surface area (Å²) in [6, 6.07) is 18.2. The Labute approximate surface area is 185 Å². The van der Waals surface area contributed by atoms with Crippen molar-refractivity contribution < 1.29 is 9.90 Å². The normalized spacial score (nSPS) is 21.0. The van der Waals surface area contributed by atoms with E-state index >= 15 is 0 Å². The van der Waals surface area contributed by atoms with Crippen molar-refractivity contribution in [3.8, 4) is 11.3 Å². The van der Waals surface area contributed by atoms with Crippen molar-refractivity contribution >= 4 is 17.6 Å². The average molecular weight is 438 g/mol. The van der Waals surface area contributed by atoms with Crippen LogP contribution in [0.2, 0.25) is 5.02 Å². The van der Waals surface area contributed by atoms with Crippen LogP contribution in [0.1, 0.15) is 47.6 Å². The van der Waals surface area contributed by atoms with Crippen LogP contribution in [-0.4, -0.2) is 27.4 Å². The zero-order valence-corrected chi connectivity index (χ0v) is 17.8. The quantitative estimate of drug-likeness (QED) is 0.621. The molecule has 2 aromatic carbocycles. The van der Waals surface area contributed by atoms with E-state index in [0.29, 0.717) is 30.1 Å². The highest BCUT2D eigenvalue weighted by atomic mass is 35.5. The van der Waals surface area contributed by atoms with Crippen molar-refractivity contribution in [2.75, 3.05) is 6.54 Å². The molecule has 160 valence electrons. The summed E-state index contributed by atoms with van der Waals surface area (Å²) in [5.74, 6) is -1.25. The van der Waals surface area contributed by atoms with Crippen molar-refractivity contribution in [2.24, 2.45) is 5.73 Å². The fraction of sp³-hybridized carbons (Fsp3) is 0.292. The Morgan fingerprint density at radius 1 is 1.13 bits per heavy atom. The third kappa shape index (κ3) is 4.13. The molecular weight excluding hydrogens is 414 g/mol. The Kier molecular flexibility index (Phi) is 5.94. The maximum Gasteiger partial charge on any atom is 0.341 e. The second kappa shape index (κ2) is 8.65. The highest BCUT2D eigenvalue weighted by Crippen LogP contribution is 2.42. The van der Waals surface area contributed by atoms with Gasteiger partial charge in [-0.1, -0.05) is 54.1 Å². The third-order valence-corrected chi connectivity index (χ3v) is 6.56. The van der Waals surface area contributed by atoms with Gasteiger partial charge in [0, 0.05) is 22.5 Å². The van der Waals surface area contributed by atoms with Crippen LogP contribution in [0.25, 0.3) is 11.3 Å². The van der Waals surface area contributed by atoms with Gasteiger partial charge in [0.1, 0.15) is 5.56 Å². The third-order valence-electron chi connectivity index (χ3n) is 6.32. The van der Waals surface area contributed by atoms with Gasteiger partial charge in [-0.2, -0.15) is 5.10 Å². The van der Waals surface area contributed by atoms with Gasteiger partial charge in [-0.25, -0.2) is 9.48 Å². The van der Waals surface area contributed by atoms with Crippen LogP contribution in [-0.2, 0) is 5.41 Å². The molecule has 1 aliphatic carbocycles. The molecular formula is C24H24ClN3O3. The van der Waals surface area contributed by atoms with E-state index in [1.54, 1.807) is 0 Å². The minimum atomic E-state index is -1.25. The number of nitrogens with two attached hydrogens (primary N) is 1. The first kappa shape index (κ1) is 21.3. The molecule has 0 bridgehead atoms. The summed E-state index contributed by atoms with van der Waals surface area (Å²) >= 11 is 6.20. The van der Waals surface area contributed by atoms with Crippen LogP contribution in [0, 0.1) is 0 Å². The molecule has 0 radical (unpaired) electrons. The van der Waals surface area contributed by atoms with Crippen molar-refractivity contribution in [3.05, 3.63) is 87.2 Å². The summed E-state index contributed by atoms with van der Waals surface area (Å²) in [4.78, 5) is 24.7. The van der Waals surface area contributed by atoms with Crippen LogP contribution >= 0.6 is 11.6 Å². The summed E-state index contributed by atoms with van der Waals surface area (Å²) in [5, 5.41) is 14.8. The summed E-state index contributed by atoms with van der Waals surface area (Å²) < 4.78 is 1.37. The lowest BCUT2D eigenvalue weighted by Crippen LogP contribution is -2.41. The Balaban J connectivity index is 1.69. The molecule has 0 unspecified atom stereocenters. The molecule has 6 nitrogen and oxygen atoms in total. The van der Waals surface area contributed by atoms with Gasteiger partial charge < -0.3 is 10.8 Å². The minimum Gasteiger partial charge on any atom is -0.477 e. The van der Waals surface area contributed by atoms with Gasteiger partial charge in [-0.05, 0) is 49.4 Å². The number of carboxylic acids is 1. The molecule has 4 rings (SSSR count). The summed E-state index contributed by atoms with van der Waals surface area (Å²) in [6.07, 6.45) is 2.88. The summed E-state index contributed by atoms with van der Waals surface area (Å²) in [7, 11) is 0. The van der Waals surface area contributed by atoms with Crippen LogP contribution < -0.4 is 11.3 Å². The molecule has 0 spiro atoms. The van der Waals surface area contributed by atoms with Crippen molar-refractivity contribution in [1.29, 1.82) is 0 Å². The average Bonchev–Trinajstić information content (AvgIpc) is 2.80. The Morgan fingerprint density at radius 2 is 1.84 bits per heavy atom. The number of benzene rings is 2. The molecule has 0 saturated heterocycles. The lowest BCUT2D eigenvalue weighted by molar-refractivity contribution is 0.0693. The van der Waals surface area contributed by atoms with Crippen molar-refractivity contribution in [3.63, 3.8) is 0 Å². The molecule has 7 heteroatoms. The first-order valence-electron chi connectivity index (χ1n) is 10.3. The van der Waals surface area contributed by atoms with Gasteiger partial charge in [0.25, 0.3) is 5.56 Å². The zero-order valence-electron chi connectivity index (χ0n) is 17.0. The smallest absolute Gasteiger partial charge is 0.341 e. The van der Waals surface area contributed by atoms with Gasteiger partial charge in [-0.3, -0.25) is 4.79 Å². The van der Waals surface area contributed by atoms with Gasteiger partial charge >= 0.3 is 5.97 Å². The predicted molar refractivity (Wildman–Crippen MR) is 121 cm³/mol. The first-order chi connectivity index (χ1) is 14.9. The molecule has 31 heavy (non-hydrogen) atoms. The molecule has 1 fully saturated rings. The number of aromatic carboxylic acids is 1. The number of rotatable bonds is 5. The van der Waals surface area contributed by atoms with Crippen molar-refractivity contribution in [1.82, 2.24) is 9.78 Å². The first-order valence-corrected chi connectivity index (χ1v) is 10.7. The van der Waals surface area contributed by atoms with Crippen LogP contribution in [0.15, 0.2) is 65.5 Å². The van der Waals surface area contributed by atoms with Crippen LogP contribution in [0.3, 0.4) is 0 Å². The number of halogens is 1. The zero-order chi connectivity index (χ0) is 22.0. The molecule has 3 aromatic rings. The largest absolute Gasteiger partial charge is 0.477 e. The highest BCUT2D eigenvalue weighted by molar-refractivity contribution is 6.30. The molecule has 1 saturated carbocycles. The van der Waals surface area contributed by atoms with E-state index in [9.17, 15) is 14.7 Å². The Morgan fingerprint density at radius 3 is 2.45 bits per heavy atom. The number of carbonyl (C=O) groups is 1. The molecule has 0 amide bonds. The van der Waals surface area contributed by atoms with Gasteiger partial charge in [0.05, 0.1) is 11.7 Å². The second-order valence-electron chi connectivity index (χ2n) is 8.09. The van der Waals surface area contributed by atoms with Crippen molar-refractivity contribution in [2.45, 2.75) is 37.1 Å². The lowest BCUT2D eigenvalue weighted by atomic mass is 9.68. The van der Waals surface area contributed by atoms with Gasteiger partial charge in [0.15, 0.2) is 0 Å². The molecule has 3 N–H and O–H groups in total. The summed E-state index contributed by atoms with van der Waals surface area (Å²) in [5.41, 5.74) is 7.49. The van der Waals surface area contributed by atoms with E-state index < -0.39 is 11.5 Å². The Bertz CT molecular complexity index is 1150. The van der Waals surface area contributed by atoms with Crippen LogP contribution in [0.5, 0.6) is 0 Å². The maximum absolute atomic E-state index is 12.9. The van der Waals surface area contributed by atoms with E-state index in [1.807, 2.05) is 54.6 Å². The highest BCUT2D eigenvalue weighted by Gasteiger charge is 2.37. The molecule has 0 aliphatic heterocycles. The number of hydrogen-bond acceptors (Lipinski definition) is 4. The van der Waals surface area contributed by atoms with E-state index in [0.717, 1.165) is 24.0 Å². The number of aromatic nitrogens is 2.